The Morgan fingerprint density at radius 3 is 2.51 bits per heavy atom. The van der Waals surface area contributed by atoms with E-state index in [4.69, 9.17) is 4.74 Å². The predicted octanol–water partition coefficient (Wildman–Crippen LogP) is 3.86. The van der Waals surface area contributed by atoms with Crippen LogP contribution in [0.25, 0.3) is 0 Å². The zero-order valence-electron chi connectivity index (χ0n) is 20.5. The highest BCUT2D eigenvalue weighted by molar-refractivity contribution is 5.98. The number of carbonyl (C=O) groups is 2. The number of nitrogens with one attached hydrogen (secondary N) is 1. The predicted molar refractivity (Wildman–Crippen MR) is 127 cm³/mol. The summed E-state index contributed by atoms with van der Waals surface area (Å²) in [5.74, 6) is -1.94. The summed E-state index contributed by atoms with van der Waals surface area (Å²) in [6, 6.07) is 7.50. The highest BCUT2D eigenvalue weighted by atomic mass is 19.1. The van der Waals surface area contributed by atoms with Crippen LogP contribution >= 0.6 is 0 Å². The smallest absolute Gasteiger partial charge is 0.254 e. The first-order valence-electron chi connectivity index (χ1n) is 11.9. The van der Waals surface area contributed by atoms with Crippen molar-refractivity contribution in [1.29, 1.82) is 0 Å². The molecule has 2 aliphatic rings. The van der Waals surface area contributed by atoms with E-state index in [-0.39, 0.29) is 28.9 Å². The molecule has 0 bridgehead atoms. The molecule has 2 fully saturated rings. The first-order chi connectivity index (χ1) is 16.5. The lowest BCUT2D eigenvalue weighted by molar-refractivity contribution is -0.128. The fourth-order valence-electron chi connectivity index (χ4n) is 4.76. The van der Waals surface area contributed by atoms with Gasteiger partial charge in [-0.05, 0) is 68.5 Å². The van der Waals surface area contributed by atoms with Crippen molar-refractivity contribution in [2.45, 2.75) is 51.8 Å². The van der Waals surface area contributed by atoms with Crippen molar-refractivity contribution >= 4 is 11.8 Å². The van der Waals surface area contributed by atoms with E-state index in [1.807, 2.05) is 6.92 Å². The van der Waals surface area contributed by atoms with Crippen molar-refractivity contribution in [2.24, 2.45) is 11.8 Å². The molecule has 2 amide bonds. The molecule has 2 aliphatic heterocycles. The summed E-state index contributed by atoms with van der Waals surface area (Å²) < 4.78 is 34.4. The highest BCUT2D eigenvalue weighted by Crippen LogP contribution is 2.33. The number of likely N-dealkylation sites (tertiary alicyclic amines) is 1. The van der Waals surface area contributed by atoms with Gasteiger partial charge in [-0.3, -0.25) is 9.59 Å². The summed E-state index contributed by atoms with van der Waals surface area (Å²) in [5.41, 5.74) is 0.134. The number of ether oxygens (including phenoxy) is 1. The summed E-state index contributed by atoms with van der Waals surface area (Å²) in [7, 11) is 0. The van der Waals surface area contributed by atoms with E-state index >= 15 is 0 Å². The average Bonchev–Trinajstić information content (AvgIpc) is 3.15. The van der Waals surface area contributed by atoms with Gasteiger partial charge in [0, 0.05) is 23.6 Å². The van der Waals surface area contributed by atoms with E-state index in [0.29, 0.717) is 37.3 Å². The molecule has 0 saturated carbocycles. The minimum absolute atomic E-state index is 0.0801. The van der Waals surface area contributed by atoms with Crippen molar-refractivity contribution in [1.82, 2.24) is 10.2 Å². The second kappa shape index (κ2) is 9.66. The van der Waals surface area contributed by atoms with Gasteiger partial charge in [-0.25, -0.2) is 8.78 Å². The molecule has 188 valence electrons. The summed E-state index contributed by atoms with van der Waals surface area (Å²) in [4.78, 5) is 28.4. The molecule has 0 radical (unpaired) electrons. The van der Waals surface area contributed by atoms with Gasteiger partial charge < -0.3 is 20.1 Å². The van der Waals surface area contributed by atoms with Crippen LogP contribution in [-0.4, -0.2) is 47.6 Å². The van der Waals surface area contributed by atoms with Gasteiger partial charge >= 0.3 is 0 Å². The fraction of sp³-hybridized carbons (Fsp3) is 0.481. The Balaban J connectivity index is 1.59. The van der Waals surface area contributed by atoms with Crippen LogP contribution in [0.15, 0.2) is 36.4 Å². The summed E-state index contributed by atoms with van der Waals surface area (Å²) in [6.45, 7) is 7.78. The third-order valence-electron chi connectivity index (χ3n) is 6.94. The molecule has 2 aromatic rings. The van der Waals surface area contributed by atoms with Crippen molar-refractivity contribution in [3.05, 3.63) is 70.3 Å². The molecular formula is C27H32F2N2O4. The number of aliphatic hydroxyl groups is 1. The molecule has 4 rings (SSSR count). The van der Waals surface area contributed by atoms with Gasteiger partial charge in [0.1, 0.15) is 17.7 Å². The Bertz CT molecular complexity index is 1130. The van der Waals surface area contributed by atoms with Crippen LogP contribution in [0.1, 0.15) is 60.3 Å². The van der Waals surface area contributed by atoms with E-state index < -0.39 is 35.2 Å². The van der Waals surface area contributed by atoms with Crippen LogP contribution in [0, 0.1) is 30.4 Å². The molecule has 0 unspecified atom stereocenters. The van der Waals surface area contributed by atoms with Gasteiger partial charge in [0.05, 0.1) is 24.9 Å². The van der Waals surface area contributed by atoms with E-state index in [0.717, 1.165) is 12.1 Å². The van der Waals surface area contributed by atoms with Crippen molar-refractivity contribution in [2.75, 3.05) is 19.8 Å². The molecule has 35 heavy (non-hydrogen) atoms. The van der Waals surface area contributed by atoms with Crippen LogP contribution in [0.2, 0.25) is 0 Å². The molecule has 2 heterocycles. The molecule has 2 saturated heterocycles. The third-order valence-corrected chi connectivity index (χ3v) is 6.94. The molecule has 0 aliphatic carbocycles. The fourth-order valence-corrected chi connectivity index (χ4v) is 4.76. The number of hydrogen-bond acceptors (Lipinski definition) is 4. The lowest BCUT2D eigenvalue weighted by atomic mass is 9.90. The van der Waals surface area contributed by atoms with E-state index in [1.165, 1.54) is 11.8 Å². The lowest BCUT2D eigenvalue weighted by Gasteiger charge is -2.36. The Kier molecular flexibility index (Phi) is 6.97. The standard InChI is InChI=1S/C27H32F2N2O4/c1-15-8-23(31(12-15)26(33)17-6-5-7-19(10-17)27(3,4)34)25(32)30-24(18-13-35-14-18)20-11-21(28)16(2)9-22(20)29/h5-7,9-11,15,18,23-24,34H,8,12-14H2,1-4H3,(H,30,32)/t15-,23-,24-/m1/s1. The van der Waals surface area contributed by atoms with Gasteiger partial charge in [-0.1, -0.05) is 19.1 Å². The molecule has 6 nitrogen and oxygen atoms in total. The van der Waals surface area contributed by atoms with Crippen molar-refractivity contribution in [3.63, 3.8) is 0 Å². The largest absolute Gasteiger partial charge is 0.386 e. The number of aryl methyl sites for hydroxylation is 1. The number of nitrogens with zero attached hydrogens (tertiary/aromatic N) is 1. The summed E-state index contributed by atoms with van der Waals surface area (Å²) in [5, 5.41) is 13.2. The zero-order valence-corrected chi connectivity index (χ0v) is 20.5. The number of halogens is 2. The Labute approximate surface area is 204 Å². The minimum atomic E-state index is -1.11. The summed E-state index contributed by atoms with van der Waals surface area (Å²) in [6.07, 6.45) is 0.460. The maximum absolute atomic E-state index is 14.8. The highest BCUT2D eigenvalue weighted by Gasteiger charge is 2.41. The lowest BCUT2D eigenvalue weighted by Crippen LogP contribution is -2.50. The Hall–Kier alpha value is -2.84. The van der Waals surface area contributed by atoms with Crippen LogP contribution in [0.5, 0.6) is 0 Å². The zero-order chi connectivity index (χ0) is 25.5. The van der Waals surface area contributed by atoms with Crippen molar-refractivity contribution in [3.8, 4) is 0 Å². The van der Waals surface area contributed by atoms with Crippen LogP contribution < -0.4 is 5.32 Å². The molecule has 3 atom stereocenters. The molecule has 8 heteroatoms. The minimum Gasteiger partial charge on any atom is -0.386 e. The Morgan fingerprint density at radius 2 is 1.89 bits per heavy atom. The van der Waals surface area contributed by atoms with Gasteiger partial charge in [-0.2, -0.15) is 0 Å². The van der Waals surface area contributed by atoms with Gasteiger partial charge in [-0.15, -0.1) is 0 Å². The first kappa shape index (κ1) is 25.3. The monoisotopic (exact) mass is 486 g/mol. The van der Waals surface area contributed by atoms with Gasteiger partial charge in [0.2, 0.25) is 5.91 Å². The maximum Gasteiger partial charge on any atom is 0.254 e. The number of amides is 2. The van der Waals surface area contributed by atoms with E-state index in [2.05, 4.69) is 5.32 Å². The second-order valence-corrected chi connectivity index (χ2v) is 10.4. The first-order valence-corrected chi connectivity index (χ1v) is 11.9. The molecule has 2 N–H and O–H groups in total. The van der Waals surface area contributed by atoms with Crippen LogP contribution in [0.3, 0.4) is 0 Å². The summed E-state index contributed by atoms with van der Waals surface area (Å²) >= 11 is 0. The molecule has 2 aromatic carbocycles. The van der Waals surface area contributed by atoms with E-state index in [1.54, 1.807) is 38.1 Å². The van der Waals surface area contributed by atoms with Crippen LogP contribution in [0.4, 0.5) is 8.78 Å². The van der Waals surface area contributed by atoms with E-state index in [9.17, 15) is 23.5 Å². The molecule has 0 aromatic heterocycles. The van der Waals surface area contributed by atoms with Crippen LogP contribution in [-0.2, 0) is 15.1 Å². The average molecular weight is 487 g/mol. The molecule has 0 spiro atoms. The SMILES string of the molecule is Cc1cc(F)c([C@H](NC(=O)[C@H]2C[C@@H](C)CN2C(=O)c2cccc(C(C)(C)O)c2)C2COC2)cc1F. The topological polar surface area (TPSA) is 78.9 Å². The number of benzene rings is 2. The van der Waals surface area contributed by atoms with Gasteiger partial charge in [0.25, 0.3) is 5.91 Å². The normalized spacial score (nSPS) is 21.5. The number of hydrogen-bond donors (Lipinski definition) is 2. The second-order valence-electron chi connectivity index (χ2n) is 10.4. The quantitative estimate of drug-likeness (QED) is 0.650. The maximum atomic E-state index is 14.8. The number of carbonyl (C=O) groups excluding carboxylic acids is 2. The molecular weight excluding hydrogens is 454 g/mol. The third kappa shape index (κ3) is 5.23. The van der Waals surface area contributed by atoms with Gasteiger partial charge in [0.15, 0.2) is 0 Å². The Morgan fingerprint density at radius 1 is 1.17 bits per heavy atom. The van der Waals surface area contributed by atoms with Crippen molar-refractivity contribution < 1.29 is 28.2 Å². The number of rotatable bonds is 6.